The van der Waals surface area contributed by atoms with Crippen LogP contribution in [0.15, 0.2) is 47.6 Å². The highest BCUT2D eigenvalue weighted by molar-refractivity contribution is 6.30. The summed E-state index contributed by atoms with van der Waals surface area (Å²) < 4.78 is 11.0. The van der Waals surface area contributed by atoms with E-state index in [0.29, 0.717) is 29.5 Å². The number of rotatable bonds is 7. The van der Waals surface area contributed by atoms with Crippen molar-refractivity contribution in [3.8, 4) is 11.5 Å². The fourth-order valence-corrected chi connectivity index (χ4v) is 2.11. The van der Waals surface area contributed by atoms with Crippen molar-refractivity contribution in [2.45, 2.75) is 13.8 Å². The second-order valence-electron chi connectivity index (χ2n) is 4.77. The van der Waals surface area contributed by atoms with Gasteiger partial charge in [-0.15, -0.1) is 0 Å². The molecule has 2 aromatic rings. The molecule has 5 nitrogen and oxygen atoms in total. The molecular weight excluding hydrogens is 328 g/mol. The molecule has 0 fully saturated rings. The molecular formula is C18H19ClN2O3. The molecule has 0 saturated carbocycles. The van der Waals surface area contributed by atoms with Gasteiger partial charge in [0.05, 0.1) is 19.4 Å². The summed E-state index contributed by atoms with van der Waals surface area (Å²) in [4.78, 5) is 12.0. The van der Waals surface area contributed by atoms with Crippen LogP contribution in [0.4, 0.5) is 0 Å². The van der Waals surface area contributed by atoms with E-state index in [4.69, 9.17) is 21.1 Å². The van der Waals surface area contributed by atoms with Crippen molar-refractivity contribution < 1.29 is 14.3 Å². The number of hydrogen-bond acceptors (Lipinski definition) is 4. The fourth-order valence-electron chi connectivity index (χ4n) is 1.98. The smallest absolute Gasteiger partial charge is 0.271 e. The number of hydrazone groups is 1. The van der Waals surface area contributed by atoms with Gasteiger partial charge in [-0.3, -0.25) is 4.79 Å². The van der Waals surface area contributed by atoms with Crippen molar-refractivity contribution in [2.75, 3.05) is 13.2 Å². The Bertz CT molecular complexity index is 715. The van der Waals surface area contributed by atoms with Gasteiger partial charge < -0.3 is 9.47 Å². The van der Waals surface area contributed by atoms with Crippen molar-refractivity contribution >= 4 is 23.7 Å². The number of benzene rings is 2. The number of carbonyl (C=O) groups is 1. The maximum absolute atomic E-state index is 12.0. The lowest BCUT2D eigenvalue weighted by Gasteiger charge is -2.10. The lowest BCUT2D eigenvalue weighted by Crippen LogP contribution is -2.17. The zero-order valence-electron chi connectivity index (χ0n) is 13.6. The molecule has 2 aromatic carbocycles. The zero-order valence-corrected chi connectivity index (χ0v) is 14.3. The topological polar surface area (TPSA) is 59.9 Å². The van der Waals surface area contributed by atoms with Gasteiger partial charge in [0.1, 0.15) is 11.5 Å². The normalized spacial score (nSPS) is 10.6. The first-order chi connectivity index (χ1) is 11.6. The Kier molecular flexibility index (Phi) is 6.63. The van der Waals surface area contributed by atoms with Crippen LogP contribution >= 0.6 is 11.6 Å². The summed E-state index contributed by atoms with van der Waals surface area (Å²) in [5.74, 6) is 1.06. The molecule has 0 unspecified atom stereocenters. The molecule has 6 heteroatoms. The van der Waals surface area contributed by atoms with Crippen molar-refractivity contribution in [3.63, 3.8) is 0 Å². The molecule has 0 saturated heterocycles. The monoisotopic (exact) mass is 346 g/mol. The first-order valence-corrected chi connectivity index (χ1v) is 8.00. The molecule has 1 N–H and O–H groups in total. The third-order valence-corrected chi connectivity index (χ3v) is 3.32. The lowest BCUT2D eigenvalue weighted by molar-refractivity contribution is 0.0955. The maximum Gasteiger partial charge on any atom is 0.271 e. The average molecular weight is 347 g/mol. The maximum atomic E-state index is 12.0. The summed E-state index contributed by atoms with van der Waals surface area (Å²) >= 11 is 5.80. The van der Waals surface area contributed by atoms with E-state index in [2.05, 4.69) is 10.5 Å². The van der Waals surface area contributed by atoms with Crippen LogP contribution in [0.25, 0.3) is 0 Å². The first-order valence-electron chi connectivity index (χ1n) is 7.62. The Balaban J connectivity index is 2.07. The Hall–Kier alpha value is -2.53. The van der Waals surface area contributed by atoms with Gasteiger partial charge in [0.15, 0.2) is 0 Å². The van der Waals surface area contributed by atoms with Crippen LogP contribution in [0.3, 0.4) is 0 Å². The molecule has 0 aliphatic rings. The number of nitrogens with zero attached hydrogens (tertiary/aromatic N) is 1. The van der Waals surface area contributed by atoms with Gasteiger partial charge >= 0.3 is 0 Å². The predicted octanol–water partition coefficient (Wildman–Crippen LogP) is 3.90. The minimum atomic E-state index is -0.313. The number of nitrogens with one attached hydrogen (secondary N) is 1. The Morgan fingerprint density at radius 2 is 1.83 bits per heavy atom. The Morgan fingerprint density at radius 3 is 2.50 bits per heavy atom. The van der Waals surface area contributed by atoms with E-state index < -0.39 is 0 Å². The molecule has 1 amide bonds. The summed E-state index contributed by atoms with van der Waals surface area (Å²) in [7, 11) is 0. The zero-order chi connectivity index (χ0) is 17.4. The standard InChI is InChI=1S/C18H19ClN2O3/c1-3-23-16-10-7-14(17(11-16)24-4-2)12-20-21-18(22)13-5-8-15(19)9-6-13/h5-12H,3-4H2,1-2H3,(H,21,22)/b20-12-. The van der Waals surface area contributed by atoms with Crippen molar-refractivity contribution in [1.29, 1.82) is 0 Å². The highest BCUT2D eigenvalue weighted by Crippen LogP contribution is 2.24. The largest absolute Gasteiger partial charge is 0.494 e. The van der Waals surface area contributed by atoms with Gasteiger partial charge in [0.25, 0.3) is 5.91 Å². The molecule has 24 heavy (non-hydrogen) atoms. The van der Waals surface area contributed by atoms with Crippen LogP contribution < -0.4 is 14.9 Å². The van der Waals surface area contributed by atoms with Crippen LogP contribution in [0.5, 0.6) is 11.5 Å². The number of hydrogen-bond donors (Lipinski definition) is 1. The number of amides is 1. The second kappa shape index (κ2) is 8.93. The van der Waals surface area contributed by atoms with Gasteiger partial charge in [-0.2, -0.15) is 5.10 Å². The molecule has 126 valence electrons. The van der Waals surface area contributed by atoms with Crippen LogP contribution in [-0.2, 0) is 0 Å². The number of carbonyl (C=O) groups excluding carboxylic acids is 1. The SMILES string of the molecule is CCOc1ccc(/C=N\NC(=O)c2ccc(Cl)cc2)c(OCC)c1. The molecule has 0 atom stereocenters. The van der Waals surface area contributed by atoms with E-state index in [0.717, 1.165) is 11.3 Å². The second-order valence-corrected chi connectivity index (χ2v) is 5.21. The van der Waals surface area contributed by atoms with Crippen molar-refractivity contribution in [2.24, 2.45) is 5.10 Å². The van der Waals surface area contributed by atoms with Gasteiger partial charge in [-0.25, -0.2) is 5.43 Å². The van der Waals surface area contributed by atoms with Crippen LogP contribution in [0.1, 0.15) is 29.8 Å². The van der Waals surface area contributed by atoms with Gasteiger partial charge in [0, 0.05) is 22.2 Å². The quantitative estimate of drug-likeness (QED) is 0.611. The van der Waals surface area contributed by atoms with Gasteiger partial charge in [-0.05, 0) is 50.2 Å². The minimum absolute atomic E-state index is 0.313. The molecule has 0 spiro atoms. The third-order valence-electron chi connectivity index (χ3n) is 3.07. The first kappa shape index (κ1) is 17.8. The van der Waals surface area contributed by atoms with E-state index in [1.807, 2.05) is 26.0 Å². The third kappa shape index (κ3) is 4.99. The van der Waals surface area contributed by atoms with E-state index in [1.165, 1.54) is 6.21 Å². The summed E-state index contributed by atoms with van der Waals surface area (Å²) in [5, 5.41) is 4.56. The van der Waals surface area contributed by atoms with Crippen LogP contribution in [0, 0.1) is 0 Å². The molecule has 0 aliphatic heterocycles. The number of ether oxygens (including phenoxy) is 2. The van der Waals surface area contributed by atoms with Crippen molar-refractivity contribution in [1.82, 2.24) is 5.43 Å². The lowest BCUT2D eigenvalue weighted by atomic mass is 10.2. The Labute approximate surface area is 146 Å². The highest BCUT2D eigenvalue weighted by Gasteiger charge is 2.06. The summed E-state index contributed by atoms with van der Waals surface area (Å²) in [6, 6.07) is 12.0. The Morgan fingerprint density at radius 1 is 1.12 bits per heavy atom. The molecule has 0 radical (unpaired) electrons. The van der Waals surface area contributed by atoms with E-state index >= 15 is 0 Å². The van der Waals surface area contributed by atoms with Crippen molar-refractivity contribution in [3.05, 3.63) is 58.6 Å². The summed E-state index contributed by atoms with van der Waals surface area (Å²) in [6.45, 7) is 4.92. The van der Waals surface area contributed by atoms with Crippen LogP contribution in [-0.4, -0.2) is 25.3 Å². The van der Waals surface area contributed by atoms with Gasteiger partial charge in [0.2, 0.25) is 0 Å². The fraction of sp³-hybridized carbons (Fsp3) is 0.222. The average Bonchev–Trinajstić information content (AvgIpc) is 2.58. The minimum Gasteiger partial charge on any atom is -0.494 e. The molecule has 2 rings (SSSR count). The van der Waals surface area contributed by atoms with E-state index in [9.17, 15) is 4.79 Å². The molecule has 0 aliphatic carbocycles. The van der Waals surface area contributed by atoms with E-state index in [-0.39, 0.29) is 5.91 Å². The summed E-state index contributed by atoms with van der Waals surface area (Å²) in [5.41, 5.74) is 3.70. The number of halogens is 1. The van der Waals surface area contributed by atoms with Crippen LogP contribution in [0.2, 0.25) is 5.02 Å². The van der Waals surface area contributed by atoms with E-state index in [1.54, 1.807) is 30.3 Å². The highest BCUT2D eigenvalue weighted by atomic mass is 35.5. The molecule has 0 bridgehead atoms. The molecule has 0 heterocycles. The molecule has 0 aromatic heterocycles. The predicted molar refractivity (Wildman–Crippen MR) is 95.3 cm³/mol. The van der Waals surface area contributed by atoms with Gasteiger partial charge in [-0.1, -0.05) is 11.6 Å². The summed E-state index contributed by atoms with van der Waals surface area (Å²) in [6.07, 6.45) is 1.54.